The van der Waals surface area contributed by atoms with E-state index in [0.717, 1.165) is 25.7 Å². The Hall–Kier alpha value is -0.630. The van der Waals surface area contributed by atoms with E-state index in [4.69, 9.17) is 0 Å². The van der Waals surface area contributed by atoms with Gasteiger partial charge in [-0.2, -0.15) is 0 Å². The van der Waals surface area contributed by atoms with Gasteiger partial charge in [0.2, 0.25) is 0 Å². The minimum atomic E-state index is -0.700. The molecule has 2 heteroatoms. The van der Waals surface area contributed by atoms with Crippen molar-refractivity contribution in [1.82, 2.24) is 0 Å². The van der Waals surface area contributed by atoms with E-state index in [1.165, 1.54) is 89.9 Å². The van der Waals surface area contributed by atoms with Crippen molar-refractivity contribution in [1.29, 1.82) is 0 Å². The van der Waals surface area contributed by atoms with E-state index in [1.807, 2.05) is 0 Å². The van der Waals surface area contributed by atoms with Crippen LogP contribution in [0.15, 0.2) is 12.2 Å². The standard InChI is InChI=1S/C24H44O2/c25-23-21-19-17-15-13-11-9-7-5-3-1-2-4-6-8-10-12-14-16-18-20-22-24(23)26/h1-2,23,25H,3-22H2/b2-1+. The van der Waals surface area contributed by atoms with Gasteiger partial charge in [-0.25, -0.2) is 0 Å². The number of allylic oxidation sites excluding steroid dienone is 2. The molecule has 1 rings (SSSR count). The molecule has 0 aromatic rings. The number of aliphatic hydroxyl groups is 1. The predicted molar refractivity (Wildman–Crippen MR) is 112 cm³/mol. The van der Waals surface area contributed by atoms with Crippen LogP contribution in [0.25, 0.3) is 0 Å². The van der Waals surface area contributed by atoms with Crippen molar-refractivity contribution >= 4 is 5.78 Å². The first-order valence-electron chi connectivity index (χ1n) is 11.7. The minimum Gasteiger partial charge on any atom is -0.385 e. The molecule has 1 aliphatic carbocycles. The Morgan fingerprint density at radius 1 is 0.577 bits per heavy atom. The molecule has 1 N–H and O–H groups in total. The van der Waals surface area contributed by atoms with Crippen LogP contribution in [0.5, 0.6) is 0 Å². The lowest BCUT2D eigenvalue weighted by Gasteiger charge is -2.09. The van der Waals surface area contributed by atoms with Crippen LogP contribution < -0.4 is 0 Å². The van der Waals surface area contributed by atoms with Crippen molar-refractivity contribution in [3.8, 4) is 0 Å². The summed E-state index contributed by atoms with van der Waals surface area (Å²) in [5.41, 5.74) is 0. The van der Waals surface area contributed by atoms with Gasteiger partial charge in [-0.1, -0.05) is 95.6 Å². The zero-order valence-electron chi connectivity index (χ0n) is 17.2. The fourth-order valence-electron chi connectivity index (χ4n) is 3.85. The summed E-state index contributed by atoms with van der Waals surface area (Å²) >= 11 is 0. The van der Waals surface area contributed by atoms with Crippen LogP contribution in [-0.2, 0) is 4.79 Å². The highest BCUT2D eigenvalue weighted by molar-refractivity contribution is 5.82. The van der Waals surface area contributed by atoms with E-state index < -0.39 is 6.10 Å². The maximum Gasteiger partial charge on any atom is 0.161 e. The van der Waals surface area contributed by atoms with Crippen LogP contribution in [0.2, 0.25) is 0 Å². The number of carbonyl (C=O) groups excluding carboxylic acids is 1. The molecule has 2 nitrogen and oxygen atoms in total. The number of rotatable bonds is 0. The molecular formula is C24H44O2. The lowest BCUT2D eigenvalue weighted by Crippen LogP contribution is -2.19. The maximum atomic E-state index is 12.0. The average molecular weight is 365 g/mol. The van der Waals surface area contributed by atoms with Gasteiger partial charge >= 0.3 is 0 Å². The van der Waals surface area contributed by atoms with E-state index in [0.29, 0.717) is 12.8 Å². The first-order valence-corrected chi connectivity index (χ1v) is 11.7. The molecule has 0 aromatic carbocycles. The highest BCUT2D eigenvalue weighted by Gasteiger charge is 2.13. The van der Waals surface area contributed by atoms with Gasteiger partial charge in [-0.05, 0) is 38.5 Å². The molecule has 1 unspecified atom stereocenters. The Labute approximate surface area is 162 Å². The Balaban J connectivity index is 2.19. The highest BCUT2D eigenvalue weighted by atomic mass is 16.3. The lowest BCUT2D eigenvalue weighted by atomic mass is 10.00. The second kappa shape index (κ2) is 17.8. The molecule has 0 spiro atoms. The van der Waals surface area contributed by atoms with Crippen molar-refractivity contribution < 1.29 is 9.90 Å². The molecule has 0 radical (unpaired) electrons. The van der Waals surface area contributed by atoms with Crippen molar-refractivity contribution in [3.63, 3.8) is 0 Å². The number of aliphatic hydroxyl groups excluding tert-OH is 1. The van der Waals surface area contributed by atoms with E-state index in [1.54, 1.807) is 0 Å². The molecular weight excluding hydrogens is 320 g/mol. The molecule has 0 aromatic heterocycles. The third kappa shape index (κ3) is 14.5. The van der Waals surface area contributed by atoms with Gasteiger partial charge in [-0.15, -0.1) is 0 Å². The Morgan fingerprint density at radius 3 is 1.46 bits per heavy atom. The average Bonchev–Trinajstić information content (AvgIpc) is 2.64. The third-order valence-corrected chi connectivity index (χ3v) is 5.68. The number of carbonyl (C=O) groups is 1. The minimum absolute atomic E-state index is 0.0764. The quantitative estimate of drug-likeness (QED) is 0.458. The number of hydrogen-bond acceptors (Lipinski definition) is 2. The molecule has 0 aliphatic heterocycles. The SMILES string of the molecule is O=C1CCCCCCCCCC/C=C/CCCCCCCCCCC1O. The normalized spacial score (nSPS) is 26.7. The summed E-state index contributed by atoms with van der Waals surface area (Å²) in [4.78, 5) is 12.0. The van der Waals surface area contributed by atoms with Crippen LogP contribution in [0.1, 0.15) is 128 Å². The first-order chi connectivity index (χ1) is 12.8. The second-order valence-corrected chi connectivity index (χ2v) is 8.23. The summed E-state index contributed by atoms with van der Waals surface area (Å²) in [6.07, 6.45) is 28.0. The molecule has 0 saturated heterocycles. The second-order valence-electron chi connectivity index (χ2n) is 8.23. The van der Waals surface area contributed by atoms with Gasteiger partial charge in [0.25, 0.3) is 0 Å². The number of ketones is 1. The first kappa shape index (κ1) is 23.4. The molecule has 0 fully saturated rings. The third-order valence-electron chi connectivity index (χ3n) is 5.68. The van der Waals surface area contributed by atoms with Crippen LogP contribution in [-0.4, -0.2) is 17.0 Å². The van der Waals surface area contributed by atoms with Crippen LogP contribution >= 0.6 is 0 Å². The number of Topliss-reactive ketones (excluding diaryl/α,β-unsaturated/α-hetero) is 1. The summed E-state index contributed by atoms with van der Waals surface area (Å²) < 4.78 is 0. The van der Waals surface area contributed by atoms with Crippen LogP contribution in [0, 0.1) is 0 Å². The van der Waals surface area contributed by atoms with Gasteiger partial charge in [0.05, 0.1) is 0 Å². The van der Waals surface area contributed by atoms with Crippen molar-refractivity contribution in [2.24, 2.45) is 0 Å². The van der Waals surface area contributed by atoms with Gasteiger partial charge in [-0.3, -0.25) is 4.79 Å². The van der Waals surface area contributed by atoms with Gasteiger partial charge < -0.3 is 5.11 Å². The zero-order chi connectivity index (χ0) is 18.7. The maximum absolute atomic E-state index is 12.0. The Kier molecular flexibility index (Phi) is 16.0. The molecule has 1 atom stereocenters. The molecule has 26 heavy (non-hydrogen) atoms. The smallest absolute Gasteiger partial charge is 0.161 e. The fraction of sp³-hybridized carbons (Fsp3) is 0.875. The van der Waals surface area contributed by atoms with E-state index in [2.05, 4.69) is 12.2 Å². The largest absolute Gasteiger partial charge is 0.385 e. The molecule has 152 valence electrons. The summed E-state index contributed by atoms with van der Waals surface area (Å²) in [6, 6.07) is 0. The van der Waals surface area contributed by atoms with Gasteiger partial charge in [0.15, 0.2) is 5.78 Å². The zero-order valence-corrected chi connectivity index (χ0v) is 17.2. The molecule has 0 heterocycles. The Morgan fingerprint density at radius 2 is 0.962 bits per heavy atom. The van der Waals surface area contributed by atoms with Crippen LogP contribution in [0.4, 0.5) is 0 Å². The summed E-state index contributed by atoms with van der Waals surface area (Å²) in [5.74, 6) is 0.0764. The van der Waals surface area contributed by atoms with Crippen molar-refractivity contribution in [2.45, 2.75) is 135 Å². The fourth-order valence-corrected chi connectivity index (χ4v) is 3.85. The molecule has 0 amide bonds. The van der Waals surface area contributed by atoms with Crippen LogP contribution in [0.3, 0.4) is 0 Å². The molecule has 0 saturated carbocycles. The predicted octanol–water partition coefficient (Wildman–Crippen LogP) is 7.29. The highest BCUT2D eigenvalue weighted by Crippen LogP contribution is 2.15. The van der Waals surface area contributed by atoms with E-state index >= 15 is 0 Å². The van der Waals surface area contributed by atoms with Crippen molar-refractivity contribution in [3.05, 3.63) is 12.2 Å². The Bertz CT molecular complexity index is 348. The molecule has 1 aliphatic rings. The lowest BCUT2D eigenvalue weighted by molar-refractivity contribution is -0.127. The topological polar surface area (TPSA) is 37.3 Å². The van der Waals surface area contributed by atoms with E-state index in [-0.39, 0.29) is 5.78 Å². The van der Waals surface area contributed by atoms with Gasteiger partial charge in [0.1, 0.15) is 6.10 Å². The summed E-state index contributed by atoms with van der Waals surface area (Å²) in [7, 11) is 0. The van der Waals surface area contributed by atoms with Crippen molar-refractivity contribution in [2.75, 3.05) is 0 Å². The van der Waals surface area contributed by atoms with Gasteiger partial charge in [0, 0.05) is 6.42 Å². The molecule has 0 bridgehead atoms. The number of hydrogen-bond donors (Lipinski definition) is 1. The monoisotopic (exact) mass is 364 g/mol. The summed E-state index contributed by atoms with van der Waals surface area (Å²) in [5, 5.41) is 9.99. The summed E-state index contributed by atoms with van der Waals surface area (Å²) in [6.45, 7) is 0. The van der Waals surface area contributed by atoms with E-state index in [9.17, 15) is 9.90 Å².